The van der Waals surface area contributed by atoms with Crippen molar-refractivity contribution >= 4 is 28.6 Å². The van der Waals surface area contributed by atoms with Crippen LogP contribution in [0.5, 0.6) is 0 Å². The standard InChI is InChI=1S/C9H4F2INO2/c10-8(11)6-2-5(9(14)15)4(3-13)1-7(6)12/h1-2,8H,(H,14,15). The Hall–Kier alpha value is -1.23. The van der Waals surface area contributed by atoms with Crippen molar-refractivity contribution in [2.45, 2.75) is 6.43 Å². The van der Waals surface area contributed by atoms with Crippen LogP contribution < -0.4 is 0 Å². The van der Waals surface area contributed by atoms with Crippen molar-refractivity contribution in [2.24, 2.45) is 0 Å². The molecule has 0 aliphatic rings. The lowest BCUT2D eigenvalue weighted by molar-refractivity contribution is 0.0696. The van der Waals surface area contributed by atoms with Gasteiger partial charge in [-0.25, -0.2) is 13.6 Å². The van der Waals surface area contributed by atoms with E-state index in [0.29, 0.717) is 0 Å². The van der Waals surface area contributed by atoms with E-state index in [0.717, 1.165) is 12.1 Å². The van der Waals surface area contributed by atoms with Crippen molar-refractivity contribution < 1.29 is 18.7 Å². The van der Waals surface area contributed by atoms with Crippen LogP contribution in [-0.4, -0.2) is 11.1 Å². The molecule has 0 bridgehead atoms. The highest BCUT2D eigenvalue weighted by atomic mass is 127. The number of halogens is 3. The Morgan fingerprint density at radius 3 is 2.53 bits per heavy atom. The van der Waals surface area contributed by atoms with Crippen LogP contribution in [-0.2, 0) is 0 Å². The Morgan fingerprint density at radius 1 is 1.53 bits per heavy atom. The van der Waals surface area contributed by atoms with Gasteiger partial charge in [-0.1, -0.05) is 0 Å². The fourth-order valence-corrected chi connectivity index (χ4v) is 1.73. The summed E-state index contributed by atoms with van der Waals surface area (Å²) in [5.74, 6) is -1.38. The van der Waals surface area contributed by atoms with Crippen LogP contribution in [0.3, 0.4) is 0 Å². The number of benzene rings is 1. The van der Waals surface area contributed by atoms with E-state index >= 15 is 0 Å². The van der Waals surface area contributed by atoms with E-state index in [2.05, 4.69) is 0 Å². The number of carboxylic acids is 1. The fourth-order valence-electron chi connectivity index (χ4n) is 1.03. The van der Waals surface area contributed by atoms with E-state index in [1.165, 1.54) is 0 Å². The maximum absolute atomic E-state index is 12.4. The minimum absolute atomic E-state index is 0.115. The number of rotatable bonds is 2. The van der Waals surface area contributed by atoms with Gasteiger partial charge in [-0.3, -0.25) is 0 Å². The van der Waals surface area contributed by atoms with Gasteiger partial charge in [0.05, 0.1) is 11.1 Å². The molecule has 0 aliphatic carbocycles. The van der Waals surface area contributed by atoms with Gasteiger partial charge < -0.3 is 5.11 Å². The van der Waals surface area contributed by atoms with Crippen LogP contribution in [0.15, 0.2) is 12.1 Å². The Balaban J connectivity index is 3.45. The zero-order valence-electron chi connectivity index (χ0n) is 7.17. The summed E-state index contributed by atoms with van der Waals surface area (Å²) in [5.41, 5.74) is -0.878. The van der Waals surface area contributed by atoms with Gasteiger partial charge in [-0.15, -0.1) is 0 Å². The van der Waals surface area contributed by atoms with Crippen molar-refractivity contribution in [3.63, 3.8) is 0 Å². The molecule has 6 heteroatoms. The molecular formula is C9H4F2INO2. The van der Waals surface area contributed by atoms with Crippen molar-refractivity contribution in [1.82, 2.24) is 0 Å². The fraction of sp³-hybridized carbons (Fsp3) is 0.111. The van der Waals surface area contributed by atoms with Gasteiger partial charge in [-0.2, -0.15) is 5.26 Å². The first-order valence-electron chi connectivity index (χ1n) is 3.72. The molecule has 1 aromatic rings. The Kier molecular flexibility index (Phi) is 3.57. The van der Waals surface area contributed by atoms with E-state index in [-0.39, 0.29) is 14.7 Å². The average molecular weight is 323 g/mol. The molecule has 0 unspecified atom stereocenters. The van der Waals surface area contributed by atoms with Crippen LogP contribution in [0.2, 0.25) is 0 Å². The summed E-state index contributed by atoms with van der Waals surface area (Å²) in [5, 5.41) is 17.3. The Labute approximate surface area is 97.5 Å². The van der Waals surface area contributed by atoms with Gasteiger partial charge in [0.15, 0.2) is 0 Å². The third-order valence-corrected chi connectivity index (χ3v) is 2.66. The smallest absolute Gasteiger partial charge is 0.337 e. The maximum atomic E-state index is 12.4. The van der Waals surface area contributed by atoms with Crippen LogP contribution in [0.4, 0.5) is 8.78 Å². The molecule has 0 fully saturated rings. The number of alkyl halides is 2. The summed E-state index contributed by atoms with van der Waals surface area (Å²) in [6, 6.07) is 3.64. The summed E-state index contributed by atoms with van der Waals surface area (Å²) in [4.78, 5) is 10.7. The van der Waals surface area contributed by atoms with Crippen molar-refractivity contribution in [3.8, 4) is 6.07 Å². The zero-order chi connectivity index (χ0) is 11.6. The first-order chi connectivity index (χ1) is 6.97. The molecule has 15 heavy (non-hydrogen) atoms. The number of aromatic carboxylic acids is 1. The topological polar surface area (TPSA) is 61.1 Å². The van der Waals surface area contributed by atoms with Gasteiger partial charge in [0, 0.05) is 9.13 Å². The second-order valence-electron chi connectivity index (χ2n) is 2.64. The molecule has 0 aliphatic heterocycles. The monoisotopic (exact) mass is 323 g/mol. The van der Waals surface area contributed by atoms with Crippen molar-refractivity contribution in [3.05, 3.63) is 32.4 Å². The molecule has 0 atom stereocenters. The van der Waals surface area contributed by atoms with E-state index in [4.69, 9.17) is 10.4 Å². The van der Waals surface area contributed by atoms with Crippen molar-refractivity contribution in [2.75, 3.05) is 0 Å². The molecule has 0 heterocycles. The SMILES string of the molecule is N#Cc1cc(I)c(C(F)F)cc1C(=O)O. The summed E-state index contributed by atoms with van der Waals surface area (Å²) < 4.78 is 25.0. The number of carbonyl (C=O) groups is 1. The quantitative estimate of drug-likeness (QED) is 0.852. The minimum Gasteiger partial charge on any atom is -0.478 e. The largest absolute Gasteiger partial charge is 0.478 e. The summed E-state index contributed by atoms with van der Waals surface area (Å²) in [6.07, 6.45) is -2.75. The molecule has 1 N–H and O–H groups in total. The number of nitriles is 1. The summed E-state index contributed by atoms with van der Waals surface area (Å²) in [6.45, 7) is 0. The van der Waals surface area contributed by atoms with Crippen LogP contribution in [0, 0.1) is 14.9 Å². The van der Waals surface area contributed by atoms with Crippen LogP contribution in [0.1, 0.15) is 27.9 Å². The first kappa shape index (κ1) is 11.8. The van der Waals surface area contributed by atoms with Gasteiger partial charge in [0.25, 0.3) is 6.43 Å². The normalized spacial score (nSPS) is 10.1. The molecule has 1 rings (SSSR count). The number of nitrogens with zero attached hydrogens (tertiary/aromatic N) is 1. The Bertz CT molecular complexity index is 454. The van der Waals surface area contributed by atoms with Crippen LogP contribution in [0.25, 0.3) is 0 Å². The molecule has 0 aromatic heterocycles. The predicted octanol–water partition coefficient (Wildman–Crippen LogP) is 2.80. The number of hydrogen-bond acceptors (Lipinski definition) is 2. The maximum Gasteiger partial charge on any atom is 0.337 e. The van der Waals surface area contributed by atoms with E-state index in [1.54, 1.807) is 28.7 Å². The van der Waals surface area contributed by atoms with E-state index < -0.39 is 18.0 Å². The minimum atomic E-state index is -2.75. The molecule has 0 amide bonds. The third-order valence-electron chi connectivity index (χ3n) is 1.72. The molecule has 0 radical (unpaired) electrons. The highest BCUT2D eigenvalue weighted by Gasteiger charge is 2.18. The lowest BCUT2D eigenvalue weighted by Crippen LogP contribution is -2.03. The van der Waals surface area contributed by atoms with Crippen molar-refractivity contribution in [1.29, 1.82) is 5.26 Å². The zero-order valence-corrected chi connectivity index (χ0v) is 9.33. The summed E-state index contributed by atoms with van der Waals surface area (Å²) in [7, 11) is 0. The molecule has 78 valence electrons. The Morgan fingerprint density at radius 2 is 2.13 bits per heavy atom. The van der Waals surface area contributed by atoms with E-state index in [9.17, 15) is 13.6 Å². The molecule has 0 spiro atoms. The second-order valence-corrected chi connectivity index (χ2v) is 3.80. The average Bonchev–Trinajstić information content (AvgIpc) is 2.16. The molecule has 0 saturated heterocycles. The predicted molar refractivity (Wildman–Crippen MR) is 55.8 cm³/mol. The summed E-state index contributed by atoms with van der Waals surface area (Å²) >= 11 is 1.64. The molecule has 3 nitrogen and oxygen atoms in total. The number of carboxylic acid groups (broad SMARTS) is 1. The van der Waals surface area contributed by atoms with Gasteiger partial charge in [-0.05, 0) is 34.7 Å². The van der Waals surface area contributed by atoms with Gasteiger partial charge >= 0.3 is 5.97 Å². The lowest BCUT2D eigenvalue weighted by atomic mass is 10.1. The number of hydrogen-bond donors (Lipinski definition) is 1. The third kappa shape index (κ3) is 2.41. The first-order valence-corrected chi connectivity index (χ1v) is 4.80. The van der Waals surface area contributed by atoms with Crippen LogP contribution >= 0.6 is 22.6 Å². The molecule has 1 aromatic carbocycles. The second kappa shape index (κ2) is 4.53. The highest BCUT2D eigenvalue weighted by molar-refractivity contribution is 14.1. The lowest BCUT2D eigenvalue weighted by Gasteiger charge is -2.06. The van der Waals surface area contributed by atoms with Gasteiger partial charge in [0.2, 0.25) is 0 Å². The molecule has 0 saturated carbocycles. The molecular weight excluding hydrogens is 319 g/mol. The van der Waals surface area contributed by atoms with E-state index in [1.807, 2.05) is 0 Å². The highest BCUT2D eigenvalue weighted by Crippen LogP contribution is 2.27. The van der Waals surface area contributed by atoms with Gasteiger partial charge in [0.1, 0.15) is 6.07 Å².